The molecule has 0 atom stereocenters. The molecule has 0 aromatic carbocycles. The zero-order valence-corrected chi connectivity index (χ0v) is 19.0. The van der Waals surface area contributed by atoms with Crippen molar-refractivity contribution in [3.05, 3.63) is 52.0 Å². The summed E-state index contributed by atoms with van der Waals surface area (Å²) < 4.78 is 65.7. The van der Waals surface area contributed by atoms with Crippen LogP contribution in [0.25, 0.3) is 0 Å². The van der Waals surface area contributed by atoms with E-state index in [1.807, 2.05) is 4.90 Å². The van der Waals surface area contributed by atoms with Crippen LogP contribution < -0.4 is 4.90 Å². The van der Waals surface area contributed by atoms with Crippen LogP contribution in [0, 0.1) is 0 Å². The van der Waals surface area contributed by atoms with Crippen LogP contribution in [0.5, 0.6) is 0 Å². The molecule has 0 saturated carbocycles. The molecule has 33 heavy (non-hydrogen) atoms. The summed E-state index contributed by atoms with van der Waals surface area (Å²) in [5.74, 6) is -0.945. The minimum atomic E-state index is -5.68. The fraction of sp³-hybridized carbons (Fsp3) is 0.429. The third kappa shape index (κ3) is 4.35. The largest absolute Gasteiger partial charge is 0.503 e. The molecule has 0 amide bonds. The molecule has 0 bridgehead atoms. The molecule has 1 N–H and O–H groups in total. The topological polar surface area (TPSA) is 92.5 Å². The normalized spacial score (nSPS) is 17.0. The Kier molecular flexibility index (Phi) is 6.21. The van der Waals surface area contributed by atoms with Crippen LogP contribution >= 0.6 is 11.6 Å². The van der Waals surface area contributed by atoms with Crippen molar-refractivity contribution >= 4 is 33.1 Å². The van der Waals surface area contributed by atoms with E-state index in [1.54, 1.807) is 16.8 Å². The van der Waals surface area contributed by atoms with Gasteiger partial charge in [-0.1, -0.05) is 17.7 Å². The number of anilines is 1. The average Bonchev–Trinajstić information content (AvgIpc) is 3.13. The molecule has 178 valence electrons. The van der Waals surface area contributed by atoms with E-state index < -0.39 is 26.3 Å². The lowest BCUT2D eigenvalue weighted by Gasteiger charge is -2.28. The lowest BCUT2D eigenvalue weighted by molar-refractivity contribution is -0.132. The lowest BCUT2D eigenvalue weighted by Crippen LogP contribution is -2.30. The SMILES string of the molecule is O=C(O)C1=CCN(c2cn(Cc3c(Cl)ccnc3S(=O)(=O)C(F)(F)F)c3c2CCCC3)CC1. The Balaban J connectivity index is 1.75. The van der Waals surface area contributed by atoms with Crippen molar-refractivity contribution in [1.82, 2.24) is 9.55 Å². The molecular formula is C21H21ClF3N3O4S. The smallest absolute Gasteiger partial charge is 0.478 e. The van der Waals surface area contributed by atoms with E-state index in [0.29, 0.717) is 31.5 Å². The van der Waals surface area contributed by atoms with Crippen molar-refractivity contribution in [1.29, 1.82) is 0 Å². The summed E-state index contributed by atoms with van der Waals surface area (Å²) >= 11 is 6.16. The Labute approximate surface area is 193 Å². The number of carboxylic acids is 1. The summed E-state index contributed by atoms with van der Waals surface area (Å²) in [6, 6.07) is 1.27. The van der Waals surface area contributed by atoms with Gasteiger partial charge in [-0.3, -0.25) is 0 Å². The molecule has 7 nitrogen and oxygen atoms in total. The number of pyridine rings is 1. The fourth-order valence-corrected chi connectivity index (χ4v) is 5.57. The number of aliphatic carboxylic acids is 1. The number of hydrogen-bond acceptors (Lipinski definition) is 5. The first-order valence-corrected chi connectivity index (χ1v) is 12.2. The first-order valence-electron chi connectivity index (χ1n) is 10.3. The number of aromatic nitrogens is 2. The molecular weight excluding hydrogens is 483 g/mol. The number of fused-ring (bicyclic) bond motifs is 1. The van der Waals surface area contributed by atoms with Crippen LogP contribution in [0.2, 0.25) is 5.02 Å². The molecule has 0 spiro atoms. The van der Waals surface area contributed by atoms with Crippen LogP contribution in [0.4, 0.5) is 18.9 Å². The monoisotopic (exact) mass is 503 g/mol. The van der Waals surface area contributed by atoms with Gasteiger partial charge in [-0.25, -0.2) is 18.2 Å². The molecule has 1 aliphatic carbocycles. The molecule has 1 aliphatic heterocycles. The van der Waals surface area contributed by atoms with Crippen LogP contribution in [0.15, 0.2) is 35.1 Å². The number of rotatable bonds is 5. The van der Waals surface area contributed by atoms with Gasteiger partial charge in [0, 0.05) is 47.3 Å². The summed E-state index contributed by atoms with van der Waals surface area (Å²) in [5.41, 5.74) is -2.51. The molecule has 4 rings (SSSR count). The standard InChI is InChI=1S/C21H21ClF3N3O4S/c22-16-5-8-26-19(33(31,32)21(23,24)25)15(16)11-28-12-18(14-3-1-2-4-17(14)28)27-9-6-13(7-10-27)20(29)30/h5-6,8,12H,1-4,7,9-11H2,(H,29,30). The third-order valence-electron chi connectivity index (χ3n) is 6.04. The molecule has 3 heterocycles. The summed E-state index contributed by atoms with van der Waals surface area (Å²) in [5, 5.41) is 7.99. The quantitative estimate of drug-likeness (QED) is 0.663. The minimum Gasteiger partial charge on any atom is -0.478 e. The molecule has 0 saturated heterocycles. The van der Waals surface area contributed by atoms with E-state index in [0.717, 1.165) is 42.4 Å². The number of hydrogen-bond donors (Lipinski definition) is 1. The summed E-state index contributed by atoms with van der Waals surface area (Å²) in [6.07, 6.45) is 8.09. The second-order valence-corrected chi connectivity index (χ2v) is 10.3. The van der Waals surface area contributed by atoms with E-state index in [2.05, 4.69) is 4.98 Å². The van der Waals surface area contributed by atoms with Gasteiger partial charge in [-0.05, 0) is 43.7 Å². The van der Waals surface area contributed by atoms with Crippen LogP contribution in [-0.2, 0) is 34.0 Å². The first-order chi connectivity index (χ1) is 15.5. The Morgan fingerprint density at radius 1 is 1.21 bits per heavy atom. The third-order valence-corrected chi connectivity index (χ3v) is 7.87. The maximum Gasteiger partial charge on any atom is 0.503 e. The van der Waals surface area contributed by atoms with Crippen molar-refractivity contribution in [3.63, 3.8) is 0 Å². The average molecular weight is 504 g/mol. The van der Waals surface area contributed by atoms with Gasteiger partial charge in [0.15, 0.2) is 5.03 Å². The highest BCUT2D eigenvalue weighted by molar-refractivity contribution is 7.92. The van der Waals surface area contributed by atoms with E-state index in [4.69, 9.17) is 11.6 Å². The zero-order chi connectivity index (χ0) is 24.0. The summed E-state index contributed by atoms with van der Waals surface area (Å²) in [4.78, 5) is 16.8. The summed E-state index contributed by atoms with van der Waals surface area (Å²) in [7, 11) is -5.68. The maximum absolute atomic E-state index is 13.2. The first kappa shape index (κ1) is 23.6. The molecule has 2 aliphatic rings. The number of carboxylic acid groups (broad SMARTS) is 1. The van der Waals surface area contributed by atoms with Crippen molar-refractivity contribution in [2.45, 2.75) is 49.2 Å². The maximum atomic E-state index is 13.2. The molecule has 2 aromatic rings. The Morgan fingerprint density at radius 2 is 1.94 bits per heavy atom. The number of alkyl halides is 3. The van der Waals surface area contributed by atoms with Crippen LogP contribution in [-0.4, -0.2) is 47.6 Å². The fourth-order valence-electron chi connectivity index (χ4n) is 4.39. The molecule has 0 fully saturated rings. The number of halogens is 4. The summed E-state index contributed by atoms with van der Waals surface area (Å²) in [6.45, 7) is 0.721. The number of sulfone groups is 1. The van der Waals surface area contributed by atoms with E-state index in [-0.39, 0.29) is 17.1 Å². The minimum absolute atomic E-state index is 0.111. The van der Waals surface area contributed by atoms with Gasteiger partial charge in [0.2, 0.25) is 0 Å². The van der Waals surface area contributed by atoms with Crippen molar-refractivity contribution < 1.29 is 31.5 Å². The second-order valence-electron chi connectivity index (χ2n) is 8.03. The highest BCUT2D eigenvalue weighted by Gasteiger charge is 2.49. The molecule has 12 heteroatoms. The highest BCUT2D eigenvalue weighted by atomic mass is 35.5. The van der Waals surface area contributed by atoms with Gasteiger partial charge < -0.3 is 14.6 Å². The van der Waals surface area contributed by atoms with E-state index in [9.17, 15) is 31.5 Å². The number of nitrogens with zero attached hydrogens (tertiary/aromatic N) is 3. The number of carbonyl (C=O) groups is 1. The predicted octanol–water partition coefficient (Wildman–Crippen LogP) is 3.98. The lowest BCUT2D eigenvalue weighted by atomic mass is 9.96. The molecule has 2 aromatic heterocycles. The van der Waals surface area contributed by atoms with Gasteiger partial charge in [-0.15, -0.1) is 0 Å². The van der Waals surface area contributed by atoms with Gasteiger partial charge >= 0.3 is 11.5 Å². The highest BCUT2D eigenvalue weighted by Crippen LogP contribution is 2.37. The predicted molar refractivity (Wildman–Crippen MR) is 115 cm³/mol. The van der Waals surface area contributed by atoms with Gasteiger partial charge in [0.25, 0.3) is 9.84 Å². The van der Waals surface area contributed by atoms with E-state index >= 15 is 0 Å². The van der Waals surface area contributed by atoms with Gasteiger partial charge in [0.1, 0.15) is 0 Å². The Hall–Kier alpha value is -2.53. The van der Waals surface area contributed by atoms with E-state index in [1.165, 1.54) is 6.07 Å². The van der Waals surface area contributed by atoms with Crippen molar-refractivity contribution in [3.8, 4) is 0 Å². The van der Waals surface area contributed by atoms with Crippen LogP contribution in [0.1, 0.15) is 36.1 Å². The molecule has 0 unspecified atom stereocenters. The Bertz CT molecular complexity index is 1240. The molecule has 0 radical (unpaired) electrons. The van der Waals surface area contributed by atoms with Gasteiger partial charge in [0.05, 0.1) is 12.2 Å². The van der Waals surface area contributed by atoms with Crippen molar-refractivity contribution in [2.24, 2.45) is 0 Å². The Morgan fingerprint density at radius 3 is 2.58 bits per heavy atom. The van der Waals surface area contributed by atoms with Crippen molar-refractivity contribution in [2.75, 3.05) is 18.0 Å². The van der Waals surface area contributed by atoms with Crippen LogP contribution in [0.3, 0.4) is 0 Å². The zero-order valence-electron chi connectivity index (χ0n) is 17.4. The van der Waals surface area contributed by atoms with Gasteiger partial charge in [-0.2, -0.15) is 13.2 Å². The second kappa shape index (κ2) is 8.68.